The maximum absolute atomic E-state index is 14.3. The molecule has 4 aromatic rings. The lowest BCUT2D eigenvalue weighted by Crippen LogP contribution is -2.22. The molecule has 0 amide bonds. The minimum Gasteiger partial charge on any atom is -0.339 e. The van der Waals surface area contributed by atoms with Crippen molar-refractivity contribution in [1.29, 1.82) is 0 Å². The predicted octanol–water partition coefficient (Wildman–Crippen LogP) is 5.06. The van der Waals surface area contributed by atoms with Gasteiger partial charge in [-0.3, -0.25) is 4.57 Å². The number of primary sulfonamides is 1. The van der Waals surface area contributed by atoms with Crippen molar-refractivity contribution in [3.05, 3.63) is 93.3 Å². The maximum atomic E-state index is 14.3. The minimum absolute atomic E-state index is 0.0719. The van der Waals surface area contributed by atoms with Crippen molar-refractivity contribution >= 4 is 59.9 Å². The Morgan fingerprint density at radius 1 is 0.952 bits per heavy atom. The van der Waals surface area contributed by atoms with Crippen molar-refractivity contribution in [2.24, 2.45) is 5.14 Å². The van der Waals surface area contributed by atoms with Crippen molar-refractivity contribution in [3.63, 3.8) is 0 Å². The Balaban J connectivity index is 1.69. The number of alkyl halides is 2. The van der Waals surface area contributed by atoms with Crippen LogP contribution >= 0.6 is 34.9 Å². The number of halogens is 3. The highest BCUT2D eigenvalue weighted by Gasteiger charge is 2.51. The average molecular weight is 723 g/mol. The quantitative estimate of drug-likeness (QED) is 0.190. The van der Waals surface area contributed by atoms with Crippen LogP contribution in [0.4, 0.5) is 13.9 Å². The van der Waals surface area contributed by atoms with Gasteiger partial charge in [-0.15, -0.1) is 11.3 Å². The second kappa shape index (κ2) is 11.8. The molecule has 10 nitrogen and oxygen atoms in total. The normalized spacial score (nSPS) is 12.8. The lowest BCUT2D eigenvalue weighted by molar-refractivity contribution is 0.0557. The summed E-state index contributed by atoms with van der Waals surface area (Å²) < 4.78 is 86.8. The highest BCUT2D eigenvalue weighted by atomic mass is 79.9. The zero-order chi connectivity index (χ0) is 31.1. The summed E-state index contributed by atoms with van der Waals surface area (Å²) in [6.45, 7) is 0.333. The van der Waals surface area contributed by atoms with Gasteiger partial charge in [-0.2, -0.15) is 8.78 Å². The molecule has 224 valence electrons. The maximum Gasteiger partial charge on any atom is 0.399 e. The van der Waals surface area contributed by atoms with Gasteiger partial charge in [0.15, 0.2) is 15.0 Å². The van der Waals surface area contributed by atoms with Crippen molar-refractivity contribution in [3.8, 4) is 11.3 Å². The molecular formula is C25H23BrF2N3O7PS3. The molecule has 0 saturated heterocycles. The molecule has 0 saturated carbocycles. The van der Waals surface area contributed by atoms with Crippen molar-refractivity contribution < 1.29 is 40.0 Å². The van der Waals surface area contributed by atoms with E-state index >= 15 is 0 Å². The summed E-state index contributed by atoms with van der Waals surface area (Å²) in [7, 11) is -13.1. The van der Waals surface area contributed by atoms with E-state index in [1.54, 1.807) is 34.5 Å². The second-order valence-corrected chi connectivity index (χ2v) is 16.2. The molecule has 0 aliphatic carbocycles. The number of sulfonamides is 1. The lowest BCUT2D eigenvalue weighted by atomic mass is 10.1. The molecule has 17 heteroatoms. The van der Waals surface area contributed by atoms with Crippen LogP contribution in [0.1, 0.15) is 16.7 Å². The lowest BCUT2D eigenvalue weighted by Gasteiger charge is -2.24. The number of hydrogen-bond acceptors (Lipinski definition) is 8. The summed E-state index contributed by atoms with van der Waals surface area (Å²) in [6.07, 6.45) is 1.11. The number of rotatable bonds is 10. The number of benzene rings is 3. The van der Waals surface area contributed by atoms with Gasteiger partial charge >= 0.3 is 13.3 Å². The van der Waals surface area contributed by atoms with Crippen LogP contribution in [0.5, 0.6) is 0 Å². The largest absolute Gasteiger partial charge is 0.399 e. The molecule has 0 atom stereocenters. The van der Waals surface area contributed by atoms with E-state index < -0.39 is 38.7 Å². The summed E-state index contributed by atoms with van der Waals surface area (Å²) >= 11 is 4.27. The molecule has 0 fully saturated rings. The fourth-order valence-electron chi connectivity index (χ4n) is 3.89. The Morgan fingerprint density at radius 2 is 1.50 bits per heavy atom. The molecule has 0 aliphatic rings. The van der Waals surface area contributed by atoms with Crippen LogP contribution in [0, 0.1) is 0 Å². The van der Waals surface area contributed by atoms with Crippen LogP contribution < -0.4 is 10.0 Å². The molecule has 4 rings (SSSR count). The van der Waals surface area contributed by atoms with Gasteiger partial charge in [0.05, 0.1) is 15.5 Å². The molecule has 0 unspecified atom stereocenters. The SMILES string of the molecule is CS(=O)(=O)c1ccc(-c2csc(N(Cc3ccc(S(N)(=O)=O)cc3)Cc3ccc(C(F)(F)P(=O)(O)O)c(Br)c3)n2)cc1. The fraction of sp³-hybridized carbons (Fsp3) is 0.160. The fourth-order valence-corrected chi connectivity index (χ4v) is 7.21. The van der Waals surface area contributed by atoms with E-state index in [9.17, 15) is 30.2 Å². The molecule has 42 heavy (non-hydrogen) atoms. The van der Waals surface area contributed by atoms with Crippen LogP contribution in [-0.2, 0) is 43.2 Å². The standard InChI is InChI=1S/C25H23BrF2N3O7PS3/c1-41(35,36)19-9-5-18(6-10-19)23-15-40-24(30-23)31(13-16-2-7-20(8-3-16)42(29,37)38)14-17-4-11-21(22(26)12-17)25(27,28)39(32,33)34/h2-12,15H,13-14H2,1H3,(H2,29,37,38)(H2,32,33,34). The van der Waals surface area contributed by atoms with Gasteiger partial charge in [-0.05, 0) is 41.5 Å². The molecule has 0 spiro atoms. The highest BCUT2D eigenvalue weighted by Crippen LogP contribution is 2.60. The van der Waals surface area contributed by atoms with Gasteiger partial charge in [0.1, 0.15) is 0 Å². The van der Waals surface area contributed by atoms with E-state index in [1.807, 2.05) is 0 Å². The third-order valence-corrected chi connectivity index (χ3v) is 10.7. The summed E-state index contributed by atoms with van der Waals surface area (Å²) in [5, 5.41) is 7.46. The van der Waals surface area contributed by atoms with Crippen molar-refractivity contribution in [1.82, 2.24) is 4.98 Å². The molecule has 4 N–H and O–H groups in total. The third kappa shape index (κ3) is 7.32. The first-order valence-electron chi connectivity index (χ1n) is 11.7. The van der Waals surface area contributed by atoms with Crippen molar-refractivity contribution in [2.45, 2.75) is 28.5 Å². The summed E-state index contributed by atoms with van der Waals surface area (Å²) in [4.78, 5) is 24.8. The average Bonchev–Trinajstić information content (AvgIpc) is 3.37. The van der Waals surface area contributed by atoms with E-state index in [1.165, 1.54) is 47.7 Å². The number of nitrogens with zero attached hydrogens (tertiary/aromatic N) is 2. The molecule has 0 aliphatic heterocycles. The van der Waals surface area contributed by atoms with Gasteiger partial charge < -0.3 is 14.7 Å². The minimum atomic E-state index is -5.78. The van der Waals surface area contributed by atoms with E-state index in [0.717, 1.165) is 12.3 Å². The number of anilines is 1. The molecule has 0 radical (unpaired) electrons. The third-order valence-electron chi connectivity index (χ3n) is 6.06. The number of thiazole rings is 1. The van der Waals surface area contributed by atoms with Gasteiger partial charge in [0.2, 0.25) is 10.0 Å². The smallest absolute Gasteiger partial charge is 0.339 e. The summed E-state index contributed by atoms with van der Waals surface area (Å²) in [6, 6.07) is 15.6. The van der Waals surface area contributed by atoms with Crippen molar-refractivity contribution in [2.75, 3.05) is 11.2 Å². The molecule has 1 aromatic heterocycles. The van der Waals surface area contributed by atoms with Crippen LogP contribution in [0.15, 0.2) is 86.4 Å². The Hall–Kier alpha value is -2.56. The van der Waals surface area contributed by atoms with Crippen LogP contribution in [0.3, 0.4) is 0 Å². The Kier molecular flexibility index (Phi) is 9.13. The topological polar surface area (TPSA) is 168 Å². The van der Waals surface area contributed by atoms with E-state index in [2.05, 4.69) is 20.9 Å². The zero-order valence-electron chi connectivity index (χ0n) is 21.6. The summed E-state index contributed by atoms with van der Waals surface area (Å²) in [5.74, 6) is 0. The first-order valence-corrected chi connectivity index (χ1v) is 18.4. The number of hydrogen-bond donors (Lipinski definition) is 3. The molecule has 1 heterocycles. The molecule has 0 bridgehead atoms. The van der Waals surface area contributed by atoms with Gasteiger partial charge in [0.25, 0.3) is 0 Å². The first-order chi connectivity index (χ1) is 19.4. The summed E-state index contributed by atoms with van der Waals surface area (Å²) in [5.41, 5.74) is -2.86. The molecule has 3 aromatic carbocycles. The second-order valence-electron chi connectivity index (χ2n) is 9.26. The number of aromatic nitrogens is 1. The van der Waals surface area contributed by atoms with Gasteiger partial charge in [0, 0.05) is 40.3 Å². The first kappa shape index (κ1) is 32.4. The highest BCUT2D eigenvalue weighted by molar-refractivity contribution is 9.10. The Bertz CT molecular complexity index is 1880. The Labute approximate surface area is 253 Å². The van der Waals surface area contributed by atoms with E-state index in [4.69, 9.17) is 14.9 Å². The monoisotopic (exact) mass is 721 g/mol. The van der Waals surface area contributed by atoms with E-state index in [0.29, 0.717) is 27.5 Å². The van der Waals surface area contributed by atoms with Crippen LogP contribution in [0.2, 0.25) is 0 Å². The zero-order valence-corrected chi connectivity index (χ0v) is 26.5. The van der Waals surface area contributed by atoms with Gasteiger partial charge in [-0.25, -0.2) is 27.0 Å². The number of nitrogens with two attached hydrogens (primary N) is 1. The van der Waals surface area contributed by atoms with Gasteiger partial charge in [-0.1, -0.05) is 52.3 Å². The number of sulfone groups is 1. The predicted molar refractivity (Wildman–Crippen MR) is 158 cm³/mol. The van der Waals surface area contributed by atoms with E-state index in [-0.39, 0.29) is 27.4 Å². The van der Waals surface area contributed by atoms with Crippen LogP contribution in [-0.4, -0.2) is 37.9 Å². The molecular weight excluding hydrogens is 699 g/mol. The Morgan fingerprint density at radius 3 is 2.02 bits per heavy atom. The van der Waals surface area contributed by atoms with Crippen LogP contribution in [0.25, 0.3) is 11.3 Å².